The predicted molar refractivity (Wildman–Crippen MR) is 124 cm³/mol. The second kappa shape index (κ2) is 7.74. The molecule has 8 nitrogen and oxygen atoms in total. The van der Waals surface area contributed by atoms with E-state index in [0.29, 0.717) is 29.8 Å². The minimum Gasteiger partial charge on any atom is -0.326 e. The number of aryl methyl sites for hydroxylation is 1. The Labute approximate surface area is 189 Å². The molecule has 3 aromatic rings. The fourth-order valence-electron chi connectivity index (χ4n) is 4.33. The van der Waals surface area contributed by atoms with Gasteiger partial charge in [0.15, 0.2) is 0 Å². The molecule has 0 aromatic heterocycles. The van der Waals surface area contributed by atoms with Gasteiger partial charge in [0.2, 0.25) is 11.8 Å². The van der Waals surface area contributed by atoms with E-state index in [0.717, 1.165) is 21.2 Å². The van der Waals surface area contributed by atoms with Crippen molar-refractivity contribution in [1.82, 2.24) is 10.2 Å². The average Bonchev–Trinajstić information content (AvgIpc) is 3.02. The maximum Gasteiger partial charge on any atom is 0.325 e. The van der Waals surface area contributed by atoms with Crippen molar-refractivity contribution in [3.05, 3.63) is 71.8 Å². The molecule has 3 aromatic carbocycles. The Morgan fingerprint density at radius 3 is 2.61 bits per heavy atom. The van der Waals surface area contributed by atoms with E-state index in [2.05, 4.69) is 16.0 Å². The van der Waals surface area contributed by atoms with Crippen LogP contribution in [0.4, 0.5) is 16.2 Å². The largest absolute Gasteiger partial charge is 0.326 e. The molecular formula is C25H22N4O4. The van der Waals surface area contributed by atoms with Crippen molar-refractivity contribution < 1.29 is 19.2 Å². The second-order valence-corrected chi connectivity index (χ2v) is 8.48. The number of urea groups is 1. The van der Waals surface area contributed by atoms with Crippen molar-refractivity contribution >= 4 is 45.9 Å². The van der Waals surface area contributed by atoms with Crippen molar-refractivity contribution in [2.75, 3.05) is 17.2 Å². The Bertz CT molecular complexity index is 1330. The van der Waals surface area contributed by atoms with Gasteiger partial charge in [-0.2, -0.15) is 0 Å². The highest BCUT2D eigenvalue weighted by Gasteiger charge is 2.49. The summed E-state index contributed by atoms with van der Waals surface area (Å²) >= 11 is 0. The van der Waals surface area contributed by atoms with E-state index >= 15 is 0 Å². The maximum absolute atomic E-state index is 13.2. The molecule has 1 saturated heterocycles. The third-order valence-corrected chi connectivity index (χ3v) is 6.19. The maximum atomic E-state index is 13.2. The molecule has 5 rings (SSSR count). The van der Waals surface area contributed by atoms with Gasteiger partial charge in [0.05, 0.1) is 0 Å². The molecule has 0 saturated carbocycles. The minimum atomic E-state index is -1.27. The Balaban J connectivity index is 1.32. The summed E-state index contributed by atoms with van der Waals surface area (Å²) in [5, 5.41) is 10.2. The standard InChI is InChI=1S/C25H22N4O4/c1-25(18-9-6-15-4-2-3-5-17(15)12-18)23(32)29(24(33)28-25)14-22(31)26-19-10-7-16-8-11-21(30)27-20(16)13-19/h2-7,9-10,12-13H,8,11,14H2,1H3,(H,26,31)(H,27,30)(H,28,33). The van der Waals surface area contributed by atoms with E-state index in [1.165, 1.54) is 0 Å². The summed E-state index contributed by atoms with van der Waals surface area (Å²) in [6.45, 7) is 1.22. The number of amides is 5. The Morgan fingerprint density at radius 2 is 1.79 bits per heavy atom. The first-order valence-electron chi connectivity index (χ1n) is 10.7. The molecule has 5 amide bonds. The number of imide groups is 1. The third-order valence-electron chi connectivity index (χ3n) is 6.19. The van der Waals surface area contributed by atoms with Crippen LogP contribution in [0.5, 0.6) is 0 Å². The number of fused-ring (bicyclic) bond motifs is 2. The number of hydrogen-bond donors (Lipinski definition) is 3. The van der Waals surface area contributed by atoms with Crippen LogP contribution in [0.2, 0.25) is 0 Å². The van der Waals surface area contributed by atoms with Gasteiger partial charge in [0.25, 0.3) is 5.91 Å². The van der Waals surface area contributed by atoms with Crippen molar-refractivity contribution in [1.29, 1.82) is 0 Å². The molecule has 33 heavy (non-hydrogen) atoms. The van der Waals surface area contributed by atoms with Crippen molar-refractivity contribution in [2.45, 2.75) is 25.3 Å². The number of carbonyl (C=O) groups excluding carboxylic acids is 4. The van der Waals surface area contributed by atoms with E-state index in [4.69, 9.17) is 0 Å². The lowest BCUT2D eigenvalue weighted by molar-refractivity contribution is -0.133. The highest BCUT2D eigenvalue weighted by molar-refractivity contribution is 6.10. The third kappa shape index (κ3) is 3.69. The van der Waals surface area contributed by atoms with Crippen LogP contribution in [0, 0.1) is 0 Å². The summed E-state index contributed by atoms with van der Waals surface area (Å²) in [7, 11) is 0. The number of benzene rings is 3. The van der Waals surface area contributed by atoms with Gasteiger partial charge in [-0.05, 0) is 53.4 Å². The smallest absolute Gasteiger partial charge is 0.325 e. The van der Waals surface area contributed by atoms with Crippen LogP contribution >= 0.6 is 0 Å². The fourth-order valence-corrected chi connectivity index (χ4v) is 4.33. The molecule has 2 aliphatic heterocycles. The van der Waals surface area contributed by atoms with E-state index in [-0.39, 0.29) is 5.91 Å². The van der Waals surface area contributed by atoms with Gasteiger partial charge >= 0.3 is 6.03 Å². The number of carbonyl (C=O) groups is 4. The first kappa shape index (κ1) is 20.7. The van der Waals surface area contributed by atoms with Crippen molar-refractivity contribution in [2.24, 2.45) is 0 Å². The summed E-state index contributed by atoms with van der Waals surface area (Å²) in [5.41, 5.74) is 1.51. The van der Waals surface area contributed by atoms with Gasteiger partial charge in [-0.25, -0.2) is 4.79 Å². The summed E-state index contributed by atoms with van der Waals surface area (Å²) < 4.78 is 0. The zero-order valence-corrected chi connectivity index (χ0v) is 18.0. The molecule has 1 unspecified atom stereocenters. The molecule has 1 atom stereocenters. The summed E-state index contributed by atoms with van der Waals surface area (Å²) in [6, 6.07) is 18.0. The van der Waals surface area contributed by atoms with Crippen LogP contribution < -0.4 is 16.0 Å². The summed E-state index contributed by atoms with van der Waals surface area (Å²) in [4.78, 5) is 51.0. The first-order chi connectivity index (χ1) is 15.8. The first-order valence-corrected chi connectivity index (χ1v) is 10.7. The number of rotatable bonds is 4. The zero-order valence-electron chi connectivity index (χ0n) is 18.0. The van der Waals surface area contributed by atoms with Crippen LogP contribution in [-0.4, -0.2) is 35.2 Å². The van der Waals surface area contributed by atoms with Crippen LogP contribution in [0.15, 0.2) is 60.7 Å². The van der Waals surface area contributed by atoms with Gasteiger partial charge < -0.3 is 16.0 Å². The van der Waals surface area contributed by atoms with E-state index < -0.39 is 29.9 Å². The highest BCUT2D eigenvalue weighted by Crippen LogP contribution is 2.31. The van der Waals surface area contributed by atoms with Gasteiger partial charge in [-0.15, -0.1) is 0 Å². The van der Waals surface area contributed by atoms with Gasteiger partial charge in [-0.3, -0.25) is 19.3 Å². The molecule has 0 radical (unpaired) electrons. The molecule has 2 heterocycles. The topological polar surface area (TPSA) is 108 Å². The van der Waals surface area contributed by atoms with Gasteiger partial charge in [-0.1, -0.05) is 42.5 Å². The minimum absolute atomic E-state index is 0.0710. The quantitative estimate of drug-likeness (QED) is 0.540. The second-order valence-electron chi connectivity index (χ2n) is 8.48. The van der Waals surface area contributed by atoms with Crippen molar-refractivity contribution in [3.63, 3.8) is 0 Å². The van der Waals surface area contributed by atoms with E-state index in [1.807, 2.05) is 48.5 Å². The van der Waals surface area contributed by atoms with Gasteiger partial charge in [0, 0.05) is 17.8 Å². The molecular weight excluding hydrogens is 420 g/mol. The predicted octanol–water partition coefficient (Wildman–Crippen LogP) is 3.13. The molecule has 166 valence electrons. The molecule has 0 aliphatic carbocycles. The number of hydrogen-bond acceptors (Lipinski definition) is 4. The Hall–Kier alpha value is -4.20. The van der Waals surface area contributed by atoms with Crippen LogP contribution in [-0.2, 0) is 26.3 Å². The summed E-state index contributed by atoms with van der Waals surface area (Å²) in [6.07, 6.45) is 1.08. The lowest BCUT2D eigenvalue weighted by Crippen LogP contribution is -2.42. The van der Waals surface area contributed by atoms with E-state index in [9.17, 15) is 19.2 Å². The molecule has 0 bridgehead atoms. The lowest BCUT2D eigenvalue weighted by Gasteiger charge is -2.22. The number of nitrogens with zero attached hydrogens (tertiary/aromatic N) is 1. The molecule has 8 heteroatoms. The normalized spacial score (nSPS) is 19.8. The Morgan fingerprint density at radius 1 is 1.00 bits per heavy atom. The number of nitrogens with one attached hydrogen (secondary N) is 3. The van der Waals surface area contributed by atoms with Crippen LogP contribution in [0.25, 0.3) is 10.8 Å². The van der Waals surface area contributed by atoms with Crippen LogP contribution in [0.1, 0.15) is 24.5 Å². The lowest BCUT2D eigenvalue weighted by atomic mass is 9.90. The Kier molecular flexibility index (Phi) is 4.85. The zero-order chi connectivity index (χ0) is 23.2. The monoisotopic (exact) mass is 442 g/mol. The van der Waals surface area contributed by atoms with Crippen LogP contribution in [0.3, 0.4) is 0 Å². The molecule has 0 spiro atoms. The summed E-state index contributed by atoms with van der Waals surface area (Å²) in [5.74, 6) is -1.07. The average molecular weight is 442 g/mol. The fraction of sp³-hybridized carbons (Fsp3) is 0.200. The van der Waals surface area contributed by atoms with Crippen molar-refractivity contribution in [3.8, 4) is 0 Å². The molecule has 2 aliphatic rings. The molecule has 3 N–H and O–H groups in total. The van der Waals surface area contributed by atoms with E-state index in [1.54, 1.807) is 19.1 Å². The number of anilines is 2. The SMILES string of the molecule is CC1(c2ccc3ccccc3c2)NC(=O)N(CC(=O)Nc2ccc3c(c2)NC(=O)CC3)C1=O. The molecule has 1 fully saturated rings. The van der Waals surface area contributed by atoms with Gasteiger partial charge in [0.1, 0.15) is 12.1 Å². The highest BCUT2D eigenvalue weighted by atomic mass is 16.2.